The van der Waals surface area contributed by atoms with Crippen LogP contribution in [-0.2, 0) is 11.3 Å². The van der Waals surface area contributed by atoms with E-state index in [1.165, 1.54) is 5.56 Å². The summed E-state index contributed by atoms with van der Waals surface area (Å²) < 4.78 is 8.00. The molecule has 5 aromatic rings. The van der Waals surface area contributed by atoms with Gasteiger partial charge in [-0.3, -0.25) is 9.59 Å². The molecule has 0 aliphatic rings. The van der Waals surface area contributed by atoms with Crippen molar-refractivity contribution in [2.75, 3.05) is 6.54 Å². The van der Waals surface area contributed by atoms with E-state index in [0.717, 1.165) is 39.9 Å². The standard InChI is InChI=1S/C27H23N3O4/c1-16-21-12-11-20(13-24(21)34-26(16)27(33)28-14-25(31)32)19-9-7-18(8-10-19)15-30-17(2)29-22-5-3-4-6-23(22)30/h3-13H,14-15H2,1-2H3,(H,28,33)(H,31,32). The zero-order valence-corrected chi connectivity index (χ0v) is 18.8. The Kier molecular flexibility index (Phi) is 5.37. The van der Waals surface area contributed by atoms with E-state index in [4.69, 9.17) is 9.52 Å². The van der Waals surface area contributed by atoms with E-state index in [-0.39, 0.29) is 5.76 Å². The number of imidazole rings is 1. The minimum atomic E-state index is -1.11. The van der Waals surface area contributed by atoms with Crippen molar-refractivity contribution in [3.63, 3.8) is 0 Å². The number of aliphatic carboxylic acids is 1. The molecule has 0 unspecified atom stereocenters. The average molecular weight is 453 g/mol. The lowest BCUT2D eigenvalue weighted by molar-refractivity contribution is -0.135. The average Bonchev–Trinajstić information content (AvgIpc) is 3.34. The first-order chi connectivity index (χ1) is 16.4. The summed E-state index contributed by atoms with van der Waals surface area (Å²) >= 11 is 0. The maximum Gasteiger partial charge on any atom is 0.322 e. The predicted molar refractivity (Wildman–Crippen MR) is 130 cm³/mol. The van der Waals surface area contributed by atoms with Gasteiger partial charge in [0, 0.05) is 17.5 Å². The third kappa shape index (κ3) is 3.92. The molecule has 34 heavy (non-hydrogen) atoms. The number of aromatic nitrogens is 2. The second-order valence-corrected chi connectivity index (χ2v) is 8.27. The van der Waals surface area contributed by atoms with E-state index < -0.39 is 18.4 Å². The van der Waals surface area contributed by atoms with Crippen LogP contribution in [0.15, 0.2) is 71.1 Å². The summed E-state index contributed by atoms with van der Waals surface area (Å²) in [7, 11) is 0. The molecule has 2 aromatic heterocycles. The number of nitrogens with one attached hydrogen (secondary N) is 1. The number of benzene rings is 3. The molecule has 2 heterocycles. The van der Waals surface area contributed by atoms with Gasteiger partial charge in [0.15, 0.2) is 5.76 Å². The fourth-order valence-electron chi connectivity index (χ4n) is 4.24. The minimum Gasteiger partial charge on any atom is -0.480 e. The molecule has 5 rings (SSSR count). The molecule has 2 N–H and O–H groups in total. The van der Waals surface area contributed by atoms with Crippen molar-refractivity contribution in [2.45, 2.75) is 20.4 Å². The lowest BCUT2D eigenvalue weighted by Crippen LogP contribution is -2.29. The highest BCUT2D eigenvalue weighted by atomic mass is 16.4. The number of furan rings is 1. The molecule has 0 bridgehead atoms. The van der Waals surface area contributed by atoms with Crippen LogP contribution in [0.5, 0.6) is 0 Å². The zero-order chi connectivity index (χ0) is 23.8. The predicted octanol–water partition coefficient (Wildman–Crippen LogP) is 4.93. The topological polar surface area (TPSA) is 97.4 Å². The molecule has 0 spiro atoms. The molecule has 0 atom stereocenters. The van der Waals surface area contributed by atoms with Crippen molar-refractivity contribution in [3.05, 3.63) is 89.4 Å². The Bertz CT molecular complexity index is 1540. The molecule has 0 radical (unpaired) electrons. The van der Waals surface area contributed by atoms with Crippen molar-refractivity contribution in [1.29, 1.82) is 0 Å². The molecular formula is C27H23N3O4. The smallest absolute Gasteiger partial charge is 0.322 e. The monoisotopic (exact) mass is 453 g/mol. The molecule has 1 amide bonds. The highest BCUT2D eigenvalue weighted by Crippen LogP contribution is 2.30. The highest BCUT2D eigenvalue weighted by molar-refractivity contribution is 6.00. The van der Waals surface area contributed by atoms with Crippen molar-refractivity contribution in [3.8, 4) is 11.1 Å². The summed E-state index contributed by atoms with van der Waals surface area (Å²) in [5.74, 6) is -0.535. The summed E-state index contributed by atoms with van der Waals surface area (Å²) in [5, 5.41) is 12.0. The van der Waals surface area contributed by atoms with Gasteiger partial charge in [-0.1, -0.05) is 48.5 Å². The van der Waals surface area contributed by atoms with Gasteiger partial charge in [0.1, 0.15) is 18.0 Å². The molecule has 0 aliphatic carbocycles. The lowest BCUT2D eigenvalue weighted by Gasteiger charge is -2.08. The van der Waals surface area contributed by atoms with E-state index in [1.54, 1.807) is 6.92 Å². The van der Waals surface area contributed by atoms with Crippen LogP contribution in [0, 0.1) is 13.8 Å². The van der Waals surface area contributed by atoms with Gasteiger partial charge in [-0.2, -0.15) is 0 Å². The second kappa shape index (κ2) is 8.51. The number of fused-ring (bicyclic) bond motifs is 2. The molecule has 7 nitrogen and oxygen atoms in total. The second-order valence-electron chi connectivity index (χ2n) is 8.27. The quantitative estimate of drug-likeness (QED) is 0.380. The van der Waals surface area contributed by atoms with Gasteiger partial charge in [-0.25, -0.2) is 4.98 Å². The van der Waals surface area contributed by atoms with Crippen LogP contribution in [0.1, 0.15) is 27.5 Å². The number of rotatable bonds is 6. The van der Waals surface area contributed by atoms with Crippen LogP contribution in [0.3, 0.4) is 0 Å². The van der Waals surface area contributed by atoms with Gasteiger partial charge >= 0.3 is 5.97 Å². The maximum absolute atomic E-state index is 12.3. The summed E-state index contributed by atoms with van der Waals surface area (Å²) in [6.07, 6.45) is 0. The number of carbonyl (C=O) groups is 2. The number of para-hydroxylation sites is 2. The molecule has 0 fully saturated rings. The first-order valence-electron chi connectivity index (χ1n) is 10.9. The SMILES string of the molecule is Cc1c(C(=O)NCC(=O)O)oc2cc(-c3ccc(Cn4c(C)nc5ccccc54)cc3)ccc12. The van der Waals surface area contributed by atoms with Gasteiger partial charge in [0.2, 0.25) is 0 Å². The number of nitrogens with zero attached hydrogens (tertiary/aromatic N) is 2. The molecule has 0 aliphatic heterocycles. The van der Waals surface area contributed by atoms with Crippen LogP contribution < -0.4 is 5.32 Å². The number of hydrogen-bond acceptors (Lipinski definition) is 4. The molecule has 0 saturated carbocycles. The van der Waals surface area contributed by atoms with Gasteiger partial charge in [-0.05, 0) is 48.7 Å². The molecule has 0 saturated heterocycles. The van der Waals surface area contributed by atoms with Crippen LogP contribution in [0.2, 0.25) is 0 Å². The Morgan fingerprint density at radius 3 is 2.50 bits per heavy atom. The van der Waals surface area contributed by atoms with E-state index in [0.29, 0.717) is 11.1 Å². The normalized spacial score (nSPS) is 11.2. The Morgan fingerprint density at radius 2 is 1.74 bits per heavy atom. The molecular weight excluding hydrogens is 430 g/mol. The van der Waals surface area contributed by atoms with Gasteiger partial charge in [0.05, 0.1) is 11.0 Å². The summed E-state index contributed by atoms with van der Waals surface area (Å²) in [5.41, 5.74) is 6.55. The number of aryl methyl sites for hydroxylation is 2. The van der Waals surface area contributed by atoms with Gasteiger partial charge in [-0.15, -0.1) is 0 Å². The van der Waals surface area contributed by atoms with Crippen molar-refractivity contribution in [1.82, 2.24) is 14.9 Å². The summed E-state index contributed by atoms with van der Waals surface area (Å²) in [4.78, 5) is 27.7. The van der Waals surface area contributed by atoms with Crippen LogP contribution >= 0.6 is 0 Å². The van der Waals surface area contributed by atoms with E-state index in [2.05, 4.69) is 45.2 Å². The third-order valence-corrected chi connectivity index (χ3v) is 6.02. The largest absolute Gasteiger partial charge is 0.480 e. The van der Waals surface area contributed by atoms with Crippen molar-refractivity contribution in [2.24, 2.45) is 0 Å². The lowest BCUT2D eigenvalue weighted by atomic mass is 10.0. The Labute approximate surface area is 195 Å². The highest BCUT2D eigenvalue weighted by Gasteiger charge is 2.18. The minimum absolute atomic E-state index is 0.131. The van der Waals surface area contributed by atoms with Gasteiger partial charge < -0.3 is 19.4 Å². The number of carbonyl (C=O) groups excluding carboxylic acids is 1. The Balaban J connectivity index is 1.40. The van der Waals surface area contributed by atoms with Crippen molar-refractivity contribution < 1.29 is 19.1 Å². The third-order valence-electron chi connectivity index (χ3n) is 6.02. The maximum atomic E-state index is 12.3. The fourth-order valence-corrected chi connectivity index (χ4v) is 4.24. The van der Waals surface area contributed by atoms with Crippen LogP contribution in [0.4, 0.5) is 0 Å². The zero-order valence-electron chi connectivity index (χ0n) is 18.8. The number of carboxylic acids is 1. The van der Waals surface area contributed by atoms with E-state index in [1.807, 2.05) is 43.3 Å². The number of hydrogen-bond donors (Lipinski definition) is 2. The van der Waals surface area contributed by atoms with Crippen molar-refractivity contribution >= 4 is 33.9 Å². The van der Waals surface area contributed by atoms with E-state index in [9.17, 15) is 9.59 Å². The number of carboxylic acid groups (broad SMARTS) is 1. The summed E-state index contributed by atoms with van der Waals surface area (Å²) in [6, 6.07) is 22.3. The Morgan fingerprint density at radius 1 is 1.00 bits per heavy atom. The fraction of sp³-hybridized carbons (Fsp3) is 0.148. The first-order valence-corrected chi connectivity index (χ1v) is 10.9. The summed E-state index contributed by atoms with van der Waals surface area (Å²) in [6.45, 7) is 4.09. The molecule has 3 aromatic carbocycles. The van der Waals surface area contributed by atoms with Crippen LogP contribution in [-0.4, -0.2) is 33.1 Å². The van der Waals surface area contributed by atoms with Crippen LogP contribution in [0.25, 0.3) is 33.1 Å². The molecule has 7 heteroatoms. The van der Waals surface area contributed by atoms with Gasteiger partial charge in [0.25, 0.3) is 5.91 Å². The Hall–Kier alpha value is -4.39. The number of amides is 1. The van der Waals surface area contributed by atoms with E-state index >= 15 is 0 Å². The molecule has 170 valence electrons. The first kappa shape index (κ1) is 21.5.